The Hall–Kier alpha value is -0.840. The van der Waals surface area contributed by atoms with Crippen molar-refractivity contribution >= 4 is 0 Å². The van der Waals surface area contributed by atoms with E-state index in [2.05, 4.69) is 11.0 Å². The maximum Gasteiger partial charge on any atom is 0.0934 e. The van der Waals surface area contributed by atoms with E-state index < -0.39 is 0 Å². The van der Waals surface area contributed by atoms with Gasteiger partial charge < -0.3 is 19.2 Å². The van der Waals surface area contributed by atoms with Gasteiger partial charge >= 0.3 is 0 Å². The van der Waals surface area contributed by atoms with Crippen molar-refractivity contribution in [1.82, 2.24) is 4.90 Å². The molecule has 1 saturated heterocycles. The second-order valence-electron chi connectivity index (χ2n) is 9.81. The zero-order valence-corrected chi connectivity index (χ0v) is 17.5. The van der Waals surface area contributed by atoms with E-state index in [9.17, 15) is 5.11 Å². The number of aliphatic hydroxyl groups is 1. The van der Waals surface area contributed by atoms with Gasteiger partial charge in [0.05, 0.1) is 31.3 Å². The molecular formula is C24H39NO3. The summed E-state index contributed by atoms with van der Waals surface area (Å²) in [4.78, 5) is 2.37. The van der Waals surface area contributed by atoms with Crippen LogP contribution >= 0.6 is 0 Å². The molecule has 4 rings (SSSR count). The molecule has 1 unspecified atom stereocenters. The fourth-order valence-corrected chi connectivity index (χ4v) is 5.82. The largest absolute Gasteiger partial charge is 0.472 e. The minimum atomic E-state index is -0.320. The van der Waals surface area contributed by atoms with Crippen LogP contribution in [0.25, 0.3) is 0 Å². The number of likely N-dealkylation sites (tertiary alicyclic amines) is 1. The Balaban J connectivity index is 1.11. The van der Waals surface area contributed by atoms with Crippen molar-refractivity contribution in [2.45, 2.75) is 89.3 Å². The Kier molecular flexibility index (Phi) is 7.13. The van der Waals surface area contributed by atoms with Gasteiger partial charge in [-0.05, 0) is 113 Å². The number of hydrogen-bond acceptors (Lipinski definition) is 4. The summed E-state index contributed by atoms with van der Waals surface area (Å²) in [6.07, 6.45) is 19.4. The molecule has 1 spiro atoms. The molecule has 28 heavy (non-hydrogen) atoms. The predicted molar refractivity (Wildman–Crippen MR) is 111 cm³/mol. The first-order valence-corrected chi connectivity index (χ1v) is 11.7. The van der Waals surface area contributed by atoms with Crippen molar-refractivity contribution in [3.8, 4) is 0 Å². The van der Waals surface area contributed by atoms with Gasteiger partial charge in [-0.3, -0.25) is 0 Å². The van der Waals surface area contributed by atoms with Gasteiger partial charge in [-0.1, -0.05) is 0 Å². The summed E-state index contributed by atoms with van der Waals surface area (Å²) < 4.78 is 11.3. The van der Waals surface area contributed by atoms with Crippen molar-refractivity contribution in [2.24, 2.45) is 11.3 Å². The number of aliphatic hydroxyl groups excluding tert-OH is 1. The molecule has 0 radical (unpaired) electrons. The monoisotopic (exact) mass is 389 g/mol. The molecule has 1 aromatic rings. The van der Waals surface area contributed by atoms with Crippen LogP contribution in [0.5, 0.6) is 0 Å². The van der Waals surface area contributed by atoms with Crippen molar-refractivity contribution in [2.75, 3.05) is 26.2 Å². The second kappa shape index (κ2) is 9.77. The molecule has 2 aliphatic carbocycles. The second-order valence-corrected chi connectivity index (χ2v) is 9.81. The lowest BCUT2D eigenvalue weighted by molar-refractivity contribution is -0.0544. The molecule has 3 aliphatic rings. The lowest BCUT2D eigenvalue weighted by Crippen LogP contribution is -2.37. The van der Waals surface area contributed by atoms with E-state index in [1.54, 1.807) is 6.26 Å². The van der Waals surface area contributed by atoms with Gasteiger partial charge in [0.2, 0.25) is 0 Å². The first kappa shape index (κ1) is 20.4. The zero-order chi connectivity index (χ0) is 19.2. The zero-order valence-electron chi connectivity index (χ0n) is 17.5. The van der Waals surface area contributed by atoms with Crippen LogP contribution in [0.15, 0.2) is 23.0 Å². The van der Waals surface area contributed by atoms with Crippen LogP contribution in [-0.4, -0.2) is 48.5 Å². The molecule has 2 heterocycles. The lowest BCUT2D eigenvalue weighted by Gasteiger charge is -2.45. The lowest BCUT2D eigenvalue weighted by atomic mass is 9.62. The molecule has 1 N–H and O–H groups in total. The van der Waals surface area contributed by atoms with E-state index in [4.69, 9.17) is 9.15 Å². The van der Waals surface area contributed by atoms with Gasteiger partial charge in [-0.25, -0.2) is 0 Å². The van der Waals surface area contributed by atoms with Crippen LogP contribution < -0.4 is 0 Å². The average molecular weight is 390 g/mol. The number of nitrogens with zero attached hydrogens (tertiary/aromatic N) is 1. The number of β-amino-alcohol motifs (C(OH)–C–C–N with tert-alkyl or cyclic N) is 1. The van der Waals surface area contributed by atoms with Crippen LogP contribution in [0.4, 0.5) is 0 Å². The summed E-state index contributed by atoms with van der Waals surface area (Å²) in [5, 5.41) is 10.3. The third-order valence-corrected chi connectivity index (χ3v) is 7.77. The van der Waals surface area contributed by atoms with E-state index in [0.29, 0.717) is 18.1 Å². The summed E-state index contributed by atoms with van der Waals surface area (Å²) in [5.41, 5.74) is 1.95. The number of hydrogen-bond donors (Lipinski definition) is 1. The first-order valence-electron chi connectivity index (χ1n) is 11.7. The summed E-state index contributed by atoms with van der Waals surface area (Å²) in [6.45, 7) is 3.60. The highest BCUT2D eigenvalue weighted by molar-refractivity contribution is 5.05. The van der Waals surface area contributed by atoms with Gasteiger partial charge in [-0.2, -0.15) is 0 Å². The van der Waals surface area contributed by atoms with Crippen LogP contribution in [0.2, 0.25) is 0 Å². The molecule has 2 saturated carbocycles. The minimum absolute atomic E-state index is 0.320. The molecule has 1 aromatic heterocycles. The Morgan fingerprint density at radius 1 is 1.11 bits per heavy atom. The normalized spacial score (nSPS) is 32.8. The quantitative estimate of drug-likeness (QED) is 0.693. The molecule has 3 fully saturated rings. The van der Waals surface area contributed by atoms with E-state index in [1.165, 1.54) is 82.6 Å². The number of ether oxygens (including phenoxy) is 1. The third-order valence-electron chi connectivity index (χ3n) is 7.77. The highest BCUT2D eigenvalue weighted by Crippen LogP contribution is 2.50. The smallest absolute Gasteiger partial charge is 0.0934 e. The Morgan fingerprint density at radius 3 is 2.50 bits per heavy atom. The van der Waals surface area contributed by atoms with E-state index in [1.807, 2.05) is 6.26 Å². The third kappa shape index (κ3) is 5.61. The minimum Gasteiger partial charge on any atom is -0.472 e. The maximum absolute atomic E-state index is 10.3. The topological polar surface area (TPSA) is 45.8 Å². The van der Waals surface area contributed by atoms with E-state index in [0.717, 1.165) is 25.6 Å². The Bertz CT molecular complexity index is 548. The van der Waals surface area contributed by atoms with Crippen LogP contribution in [-0.2, 0) is 11.2 Å². The highest BCUT2D eigenvalue weighted by Gasteiger charge is 2.38. The van der Waals surface area contributed by atoms with Crippen molar-refractivity contribution in [1.29, 1.82) is 0 Å². The highest BCUT2D eigenvalue weighted by atomic mass is 16.5. The Labute approximate surface area is 170 Å². The molecule has 4 nitrogen and oxygen atoms in total. The van der Waals surface area contributed by atoms with Gasteiger partial charge in [0, 0.05) is 6.54 Å². The first-order chi connectivity index (χ1) is 13.7. The molecule has 0 amide bonds. The summed E-state index contributed by atoms with van der Waals surface area (Å²) in [6, 6.07) is 2.10. The maximum atomic E-state index is 10.3. The molecule has 158 valence electrons. The average Bonchev–Trinajstić information content (AvgIpc) is 3.41. The fraction of sp³-hybridized carbons (Fsp3) is 0.833. The number of furan rings is 1. The van der Waals surface area contributed by atoms with Crippen LogP contribution in [0.1, 0.15) is 76.2 Å². The van der Waals surface area contributed by atoms with Gasteiger partial charge in [0.15, 0.2) is 0 Å². The molecule has 1 aliphatic heterocycles. The van der Waals surface area contributed by atoms with E-state index >= 15 is 0 Å². The molecule has 4 heteroatoms. The molecule has 0 bridgehead atoms. The van der Waals surface area contributed by atoms with Crippen LogP contribution in [0, 0.1) is 11.3 Å². The van der Waals surface area contributed by atoms with Gasteiger partial charge in [0.1, 0.15) is 0 Å². The molecular weight excluding hydrogens is 350 g/mol. The Morgan fingerprint density at radius 2 is 1.82 bits per heavy atom. The summed E-state index contributed by atoms with van der Waals surface area (Å²) >= 11 is 0. The van der Waals surface area contributed by atoms with Gasteiger partial charge in [-0.15, -0.1) is 0 Å². The van der Waals surface area contributed by atoms with E-state index in [-0.39, 0.29) is 6.10 Å². The van der Waals surface area contributed by atoms with Gasteiger partial charge in [0.25, 0.3) is 0 Å². The number of aryl methyl sites for hydroxylation is 1. The van der Waals surface area contributed by atoms with Crippen LogP contribution in [0.3, 0.4) is 0 Å². The van der Waals surface area contributed by atoms with Crippen molar-refractivity contribution < 1.29 is 14.3 Å². The molecule has 0 aromatic carbocycles. The SMILES string of the molecule is OC(COC1CCC2(CCC(CCc3ccoc3)CC2)CC1)CN1CCCC1. The predicted octanol–water partition coefficient (Wildman–Crippen LogP) is 4.80. The fourth-order valence-electron chi connectivity index (χ4n) is 5.82. The van der Waals surface area contributed by atoms with Crippen molar-refractivity contribution in [3.05, 3.63) is 24.2 Å². The standard InChI is InChI=1S/C24H39NO3/c26-22(17-25-14-1-2-15-25)19-28-23-7-12-24(13-8-23)10-5-20(6-11-24)3-4-21-9-16-27-18-21/h9,16,18,20,22-23,26H,1-8,10-15,17,19H2. The number of rotatable bonds is 8. The summed E-state index contributed by atoms with van der Waals surface area (Å²) in [5.74, 6) is 0.898. The molecule has 1 atom stereocenters. The summed E-state index contributed by atoms with van der Waals surface area (Å²) in [7, 11) is 0. The van der Waals surface area contributed by atoms with Crippen molar-refractivity contribution in [3.63, 3.8) is 0 Å².